The molecule has 1 amide bonds. The Morgan fingerprint density at radius 1 is 0.915 bits per heavy atom. The monoisotopic (exact) mass is 667 g/mol. The van der Waals surface area contributed by atoms with Crippen molar-refractivity contribution in [1.29, 1.82) is 0 Å². The number of carbonyl (C=O) groups is 3. The van der Waals surface area contributed by atoms with E-state index in [1.807, 2.05) is 49.4 Å². The minimum Gasteiger partial charge on any atom is -0.542 e. The number of rotatable bonds is 12. The molecule has 3 N–H and O–H groups in total. The quantitative estimate of drug-likeness (QED) is 0.134. The summed E-state index contributed by atoms with van der Waals surface area (Å²) < 4.78 is 86.3. The van der Waals surface area contributed by atoms with E-state index >= 15 is 0 Å². The molecule has 0 aliphatic carbocycles. The summed E-state index contributed by atoms with van der Waals surface area (Å²) in [5.41, 5.74) is -0.144. The number of carboxylic acids is 1. The van der Waals surface area contributed by atoms with E-state index in [4.69, 9.17) is 9.90 Å². The number of carboxylic acid groups (broad SMARTS) is 1. The second-order valence-corrected chi connectivity index (χ2v) is 10.6. The van der Waals surface area contributed by atoms with Crippen molar-refractivity contribution in [2.75, 3.05) is 0 Å². The van der Waals surface area contributed by atoms with E-state index in [-0.39, 0.29) is 5.78 Å². The molecule has 4 rings (SSSR count). The number of carbonyl (C=O) groups excluding carboxylic acids is 3. The molecule has 1 atom stereocenters. The Morgan fingerprint density at radius 2 is 1.60 bits per heavy atom. The van der Waals surface area contributed by atoms with Gasteiger partial charge in [0, 0.05) is 24.0 Å². The minimum absolute atomic E-state index is 0.188. The third-order valence-electron chi connectivity index (χ3n) is 7.22. The Labute approximate surface area is 265 Å². The van der Waals surface area contributed by atoms with Crippen LogP contribution in [0, 0.1) is 5.82 Å². The van der Waals surface area contributed by atoms with Gasteiger partial charge in [-0.25, -0.2) is 14.4 Å². The topological polar surface area (TPSA) is 116 Å². The molecule has 7 nitrogen and oxygen atoms in total. The SMILES string of the molecule is CCC(=O)CCCCC[C@H](NC(=O)Cc1c(F)cccc1C(F)(F)F)c1[nH]c(-c2ccc3ccccc3c2)c[nH+]1.O=C([O-])C(F)(F)F. The van der Waals surface area contributed by atoms with Gasteiger partial charge in [0.1, 0.15) is 29.8 Å². The van der Waals surface area contributed by atoms with Gasteiger partial charge in [-0.05, 0) is 47.9 Å². The maximum absolute atomic E-state index is 14.4. The van der Waals surface area contributed by atoms with Gasteiger partial charge in [0.25, 0.3) is 5.82 Å². The number of aromatic nitrogens is 2. The molecular weight excluding hydrogens is 635 g/mol. The highest BCUT2D eigenvalue weighted by Gasteiger charge is 2.35. The number of ketones is 1. The highest BCUT2D eigenvalue weighted by atomic mass is 19.4. The lowest BCUT2D eigenvalue weighted by Gasteiger charge is -2.16. The largest absolute Gasteiger partial charge is 0.542 e. The van der Waals surface area contributed by atoms with E-state index in [2.05, 4.69) is 15.3 Å². The molecule has 3 aromatic carbocycles. The van der Waals surface area contributed by atoms with Crippen LogP contribution < -0.4 is 15.4 Å². The van der Waals surface area contributed by atoms with E-state index in [1.54, 1.807) is 6.20 Å². The summed E-state index contributed by atoms with van der Waals surface area (Å²) in [6.07, 6.45) is -5.35. The summed E-state index contributed by atoms with van der Waals surface area (Å²) in [6.45, 7) is 1.82. The number of hydrogen-bond donors (Lipinski definition) is 2. The number of H-pyrrole nitrogens is 2. The van der Waals surface area contributed by atoms with Crippen molar-refractivity contribution in [3.8, 4) is 11.3 Å². The van der Waals surface area contributed by atoms with Crippen LogP contribution in [0.3, 0.4) is 0 Å². The lowest BCUT2D eigenvalue weighted by Crippen LogP contribution is -2.37. The number of Topliss-reactive ketones (excluding diaryl/α,β-unsaturated/α-hetero) is 1. The van der Waals surface area contributed by atoms with Crippen LogP contribution in [-0.4, -0.2) is 28.8 Å². The standard InChI is InChI=1S/C31H31F4N3O2.C2HF3O2/c1-2-23(39)11-4-3-5-14-27(37-29(40)18-24-25(31(33,34)35)12-8-13-26(24)32)30-36-19-28(38-30)22-16-15-20-9-6-7-10-21(20)17-22;3-2(4,5)1(6)7/h6-10,12-13,15-17,19,27H,2-5,11,14,18H2,1H3,(H,36,38)(H,37,40);(H,6,7)/t27-;/m0./s1. The Kier molecular flexibility index (Phi) is 12.6. The third kappa shape index (κ3) is 10.9. The van der Waals surface area contributed by atoms with Crippen molar-refractivity contribution in [2.24, 2.45) is 0 Å². The number of benzene rings is 3. The summed E-state index contributed by atoms with van der Waals surface area (Å²) in [5.74, 6) is -4.05. The zero-order valence-electron chi connectivity index (χ0n) is 25.2. The Hall–Kier alpha value is -4.75. The number of fused-ring (bicyclic) bond motifs is 1. The second-order valence-electron chi connectivity index (χ2n) is 10.6. The Balaban J connectivity index is 0.000000771. The average molecular weight is 668 g/mol. The maximum Gasteiger partial charge on any atom is 0.430 e. The van der Waals surface area contributed by atoms with Gasteiger partial charge >= 0.3 is 12.4 Å². The molecule has 4 aromatic rings. The highest BCUT2D eigenvalue weighted by Crippen LogP contribution is 2.33. The van der Waals surface area contributed by atoms with Crippen LogP contribution in [0.4, 0.5) is 30.7 Å². The second kappa shape index (κ2) is 16.2. The molecule has 0 aliphatic rings. The van der Waals surface area contributed by atoms with E-state index < -0.39 is 53.6 Å². The molecule has 14 heteroatoms. The highest BCUT2D eigenvalue weighted by molar-refractivity contribution is 5.86. The fourth-order valence-corrected chi connectivity index (χ4v) is 4.79. The summed E-state index contributed by atoms with van der Waals surface area (Å²) in [4.78, 5) is 39.8. The molecule has 47 heavy (non-hydrogen) atoms. The molecule has 0 aliphatic heterocycles. The first kappa shape index (κ1) is 36.7. The molecule has 0 spiro atoms. The number of alkyl halides is 6. The fourth-order valence-electron chi connectivity index (χ4n) is 4.79. The van der Waals surface area contributed by atoms with Crippen LogP contribution in [0.15, 0.2) is 66.9 Å². The molecule has 252 valence electrons. The zero-order chi connectivity index (χ0) is 34.8. The average Bonchev–Trinajstić information content (AvgIpc) is 3.50. The van der Waals surface area contributed by atoms with Crippen LogP contribution in [0.1, 0.15) is 68.4 Å². The lowest BCUT2D eigenvalue weighted by atomic mass is 10.0. The third-order valence-corrected chi connectivity index (χ3v) is 7.22. The van der Waals surface area contributed by atoms with E-state index in [9.17, 15) is 40.3 Å². The molecule has 0 saturated heterocycles. The summed E-state index contributed by atoms with van der Waals surface area (Å²) in [7, 11) is 0. The summed E-state index contributed by atoms with van der Waals surface area (Å²) >= 11 is 0. The van der Waals surface area contributed by atoms with Gasteiger partial charge in [-0.15, -0.1) is 0 Å². The molecule has 0 radical (unpaired) electrons. The lowest BCUT2D eigenvalue weighted by molar-refractivity contribution is -0.391. The number of nitrogens with one attached hydrogen (secondary N) is 3. The Morgan fingerprint density at radius 3 is 2.23 bits per heavy atom. The van der Waals surface area contributed by atoms with Gasteiger partial charge in [-0.2, -0.15) is 26.3 Å². The first-order valence-corrected chi connectivity index (χ1v) is 14.6. The van der Waals surface area contributed by atoms with Crippen LogP contribution in [0.25, 0.3) is 22.0 Å². The molecule has 0 bridgehead atoms. The number of halogens is 7. The van der Waals surface area contributed by atoms with Crippen molar-refractivity contribution in [3.05, 3.63) is 89.6 Å². The normalized spacial score (nSPS) is 12.3. The smallest absolute Gasteiger partial charge is 0.430 e. The van der Waals surface area contributed by atoms with Crippen molar-refractivity contribution in [3.63, 3.8) is 0 Å². The molecule has 0 fully saturated rings. The molecule has 1 aromatic heterocycles. The van der Waals surface area contributed by atoms with Gasteiger partial charge < -0.3 is 15.2 Å². The Bertz CT molecular complexity index is 1680. The first-order valence-electron chi connectivity index (χ1n) is 14.6. The van der Waals surface area contributed by atoms with Crippen LogP contribution in [-0.2, 0) is 27.0 Å². The van der Waals surface area contributed by atoms with Gasteiger partial charge in [-0.3, -0.25) is 9.59 Å². The van der Waals surface area contributed by atoms with Crippen molar-refractivity contribution >= 4 is 28.4 Å². The van der Waals surface area contributed by atoms with E-state index in [1.165, 1.54) is 0 Å². The predicted molar refractivity (Wildman–Crippen MR) is 156 cm³/mol. The first-order chi connectivity index (χ1) is 22.1. The van der Waals surface area contributed by atoms with Gasteiger partial charge in [0.15, 0.2) is 5.69 Å². The van der Waals surface area contributed by atoms with Crippen LogP contribution in [0.2, 0.25) is 0 Å². The number of unbranched alkanes of at least 4 members (excludes halogenated alkanes) is 2. The fraction of sp³-hybridized carbons (Fsp3) is 0.333. The minimum atomic E-state index is -5.19. The molecule has 0 unspecified atom stereocenters. The van der Waals surface area contributed by atoms with Crippen molar-refractivity contribution in [2.45, 2.75) is 70.3 Å². The van der Waals surface area contributed by atoms with Crippen molar-refractivity contribution in [1.82, 2.24) is 10.3 Å². The van der Waals surface area contributed by atoms with Crippen LogP contribution in [0.5, 0.6) is 0 Å². The van der Waals surface area contributed by atoms with Gasteiger partial charge in [-0.1, -0.05) is 56.2 Å². The number of imidazole rings is 1. The number of aromatic amines is 2. The summed E-state index contributed by atoms with van der Waals surface area (Å²) in [5, 5.41) is 13.7. The van der Waals surface area contributed by atoms with Gasteiger partial charge in [0.05, 0.1) is 12.0 Å². The maximum atomic E-state index is 14.4. The van der Waals surface area contributed by atoms with E-state index in [0.29, 0.717) is 37.9 Å². The van der Waals surface area contributed by atoms with Crippen molar-refractivity contribution < 1.29 is 55.2 Å². The number of amides is 1. The predicted octanol–water partition coefficient (Wildman–Crippen LogP) is 6.44. The molecule has 1 heterocycles. The molecular formula is C33H32F7N3O4. The number of aliphatic carboxylic acids is 1. The zero-order valence-corrected chi connectivity index (χ0v) is 25.2. The van der Waals surface area contributed by atoms with Gasteiger partial charge in [0.2, 0.25) is 5.91 Å². The number of hydrogen-bond acceptors (Lipinski definition) is 4. The van der Waals surface area contributed by atoms with Crippen LogP contribution >= 0.6 is 0 Å². The van der Waals surface area contributed by atoms with E-state index in [0.717, 1.165) is 46.6 Å². The molecule has 0 saturated carbocycles. The summed E-state index contributed by atoms with van der Waals surface area (Å²) in [6, 6.07) is 16.1.